The van der Waals surface area contributed by atoms with Gasteiger partial charge in [-0.1, -0.05) is 6.07 Å². The van der Waals surface area contributed by atoms with E-state index in [1.165, 1.54) is 23.3 Å². The van der Waals surface area contributed by atoms with Crippen molar-refractivity contribution in [3.8, 4) is 0 Å². The lowest BCUT2D eigenvalue weighted by Gasteiger charge is -2.35. The molecule has 0 bridgehead atoms. The second-order valence-corrected chi connectivity index (χ2v) is 8.68. The third kappa shape index (κ3) is 4.59. The molecule has 144 valence electrons. The number of nitrogens with one attached hydrogen (secondary N) is 1. The van der Waals surface area contributed by atoms with Crippen LogP contribution in [0.5, 0.6) is 0 Å². The molecule has 2 heterocycles. The molecule has 7 nitrogen and oxygen atoms in total. The largest absolute Gasteiger partial charge is 0.369 e. The zero-order valence-corrected chi connectivity index (χ0v) is 16.7. The summed E-state index contributed by atoms with van der Waals surface area (Å²) in [5.74, 6) is -0.264. The fourth-order valence-electron chi connectivity index (χ4n) is 3.32. The van der Waals surface area contributed by atoms with Gasteiger partial charge in [-0.05, 0) is 43.4 Å². The van der Waals surface area contributed by atoms with E-state index >= 15 is 0 Å². The summed E-state index contributed by atoms with van der Waals surface area (Å²) >= 11 is 2.58. The summed E-state index contributed by atoms with van der Waals surface area (Å²) in [6.45, 7) is 3.04. The average Bonchev–Trinajstić information content (AvgIpc) is 3.25. The van der Waals surface area contributed by atoms with Crippen molar-refractivity contribution < 1.29 is 14.4 Å². The molecule has 1 fully saturated rings. The first-order valence-electron chi connectivity index (χ1n) is 8.68. The Balaban J connectivity index is 1.59. The van der Waals surface area contributed by atoms with Crippen LogP contribution in [-0.4, -0.2) is 57.1 Å². The number of rotatable bonds is 7. The van der Waals surface area contributed by atoms with Gasteiger partial charge in [0.15, 0.2) is 0 Å². The Labute approximate surface area is 165 Å². The summed E-state index contributed by atoms with van der Waals surface area (Å²) in [6.07, 6.45) is 3.50. The van der Waals surface area contributed by atoms with Crippen molar-refractivity contribution in [2.75, 3.05) is 24.6 Å². The van der Waals surface area contributed by atoms with Crippen LogP contribution in [0.1, 0.15) is 30.1 Å². The summed E-state index contributed by atoms with van der Waals surface area (Å²) in [5.41, 5.74) is 5.28. The number of benzene rings is 1. The fourth-order valence-corrected chi connectivity index (χ4v) is 4.64. The Morgan fingerprint density at radius 2 is 2.19 bits per heavy atom. The van der Waals surface area contributed by atoms with Crippen LogP contribution in [0.2, 0.25) is 0 Å². The van der Waals surface area contributed by atoms with Crippen LogP contribution in [0.4, 0.5) is 0 Å². The highest BCUT2D eigenvalue weighted by atomic mass is 32.2. The van der Waals surface area contributed by atoms with Gasteiger partial charge in [0.05, 0.1) is 21.7 Å². The number of carbonyl (C=O) groups is 3. The molecule has 1 aliphatic heterocycles. The lowest BCUT2D eigenvalue weighted by Crippen LogP contribution is -2.52. The molecule has 9 heteroatoms. The van der Waals surface area contributed by atoms with E-state index < -0.39 is 11.4 Å². The maximum atomic E-state index is 12.5. The van der Waals surface area contributed by atoms with Gasteiger partial charge in [-0.15, -0.1) is 11.8 Å². The molecule has 3 rings (SSSR count). The molecule has 27 heavy (non-hydrogen) atoms. The highest BCUT2D eigenvalue weighted by Gasteiger charge is 2.39. The number of likely N-dealkylation sites (tertiary alicyclic amines) is 1. The van der Waals surface area contributed by atoms with Crippen molar-refractivity contribution in [2.24, 2.45) is 5.73 Å². The zero-order valence-electron chi connectivity index (χ0n) is 15.1. The molecule has 1 aliphatic rings. The summed E-state index contributed by atoms with van der Waals surface area (Å²) in [7, 11) is 0. The SMILES string of the molecule is CC1(CNC(=O)c2ccc3cnsc3c2)CCCN1C(=O)CSCC(N)=O. The van der Waals surface area contributed by atoms with Gasteiger partial charge < -0.3 is 16.0 Å². The first-order valence-corrected chi connectivity index (χ1v) is 10.6. The van der Waals surface area contributed by atoms with Gasteiger partial charge in [0.2, 0.25) is 11.8 Å². The molecule has 1 atom stereocenters. The molecule has 1 saturated heterocycles. The van der Waals surface area contributed by atoms with Crippen LogP contribution in [0, 0.1) is 0 Å². The van der Waals surface area contributed by atoms with E-state index in [4.69, 9.17) is 5.73 Å². The molecule has 1 unspecified atom stereocenters. The van der Waals surface area contributed by atoms with E-state index in [0.717, 1.165) is 22.9 Å². The number of hydrogen-bond donors (Lipinski definition) is 2. The molecular formula is C18H22N4O3S2. The molecule has 0 saturated carbocycles. The summed E-state index contributed by atoms with van der Waals surface area (Å²) in [5, 5.41) is 3.99. The predicted octanol–water partition coefficient (Wildman–Crippen LogP) is 1.63. The molecule has 3 amide bonds. The molecule has 0 aliphatic carbocycles. The third-order valence-corrected chi connectivity index (χ3v) is 6.47. The smallest absolute Gasteiger partial charge is 0.251 e. The van der Waals surface area contributed by atoms with Gasteiger partial charge in [0.1, 0.15) is 0 Å². The minimum atomic E-state index is -0.429. The van der Waals surface area contributed by atoms with Crippen LogP contribution >= 0.6 is 23.3 Å². The zero-order chi connectivity index (χ0) is 19.4. The monoisotopic (exact) mass is 406 g/mol. The van der Waals surface area contributed by atoms with E-state index in [9.17, 15) is 14.4 Å². The predicted molar refractivity (Wildman–Crippen MR) is 108 cm³/mol. The lowest BCUT2D eigenvalue weighted by molar-refractivity contribution is -0.131. The molecule has 1 aromatic heterocycles. The minimum absolute atomic E-state index is 0.0263. The number of carbonyl (C=O) groups excluding carboxylic acids is 3. The Hall–Kier alpha value is -2.13. The lowest BCUT2D eigenvalue weighted by atomic mass is 9.98. The van der Waals surface area contributed by atoms with Crippen molar-refractivity contribution in [3.63, 3.8) is 0 Å². The number of fused-ring (bicyclic) bond motifs is 1. The van der Waals surface area contributed by atoms with Gasteiger partial charge in [0, 0.05) is 30.2 Å². The van der Waals surface area contributed by atoms with E-state index in [1.807, 2.05) is 24.0 Å². The van der Waals surface area contributed by atoms with Gasteiger partial charge >= 0.3 is 0 Å². The molecule has 2 aromatic rings. The Kier molecular flexibility index (Phi) is 6.01. The number of aromatic nitrogens is 1. The number of nitrogens with zero attached hydrogens (tertiary/aromatic N) is 2. The highest BCUT2D eigenvalue weighted by molar-refractivity contribution is 8.00. The average molecular weight is 407 g/mol. The maximum absolute atomic E-state index is 12.5. The summed E-state index contributed by atoms with van der Waals surface area (Å²) < 4.78 is 5.09. The number of primary amides is 1. The number of thioether (sulfide) groups is 1. The number of nitrogens with two attached hydrogens (primary N) is 1. The van der Waals surface area contributed by atoms with E-state index in [-0.39, 0.29) is 23.3 Å². The molecule has 0 spiro atoms. The van der Waals surface area contributed by atoms with E-state index in [2.05, 4.69) is 9.69 Å². The van der Waals surface area contributed by atoms with Crippen LogP contribution in [0.25, 0.3) is 10.1 Å². The third-order valence-electron chi connectivity index (χ3n) is 4.77. The van der Waals surface area contributed by atoms with Gasteiger partial charge in [-0.25, -0.2) is 0 Å². The van der Waals surface area contributed by atoms with Gasteiger partial charge in [-0.3, -0.25) is 14.4 Å². The Morgan fingerprint density at radius 3 is 2.96 bits per heavy atom. The van der Waals surface area contributed by atoms with Crippen molar-refractivity contribution in [1.82, 2.24) is 14.6 Å². The van der Waals surface area contributed by atoms with Crippen molar-refractivity contribution in [3.05, 3.63) is 30.0 Å². The van der Waals surface area contributed by atoms with Crippen LogP contribution in [0.3, 0.4) is 0 Å². The number of amides is 3. The molecule has 0 radical (unpaired) electrons. The second kappa shape index (κ2) is 8.26. The van der Waals surface area contributed by atoms with Crippen molar-refractivity contribution >= 4 is 51.1 Å². The first-order chi connectivity index (χ1) is 12.9. The van der Waals surface area contributed by atoms with Gasteiger partial charge in [-0.2, -0.15) is 4.37 Å². The Bertz CT molecular complexity index is 869. The summed E-state index contributed by atoms with van der Waals surface area (Å²) in [4.78, 5) is 37.7. The Morgan fingerprint density at radius 1 is 1.37 bits per heavy atom. The van der Waals surface area contributed by atoms with E-state index in [1.54, 1.807) is 12.3 Å². The van der Waals surface area contributed by atoms with Crippen LogP contribution < -0.4 is 11.1 Å². The van der Waals surface area contributed by atoms with Crippen LogP contribution in [0.15, 0.2) is 24.4 Å². The van der Waals surface area contributed by atoms with E-state index in [0.29, 0.717) is 18.7 Å². The highest BCUT2D eigenvalue weighted by Crippen LogP contribution is 2.29. The first kappa shape index (κ1) is 19.6. The van der Waals surface area contributed by atoms with Crippen LogP contribution in [-0.2, 0) is 9.59 Å². The topological polar surface area (TPSA) is 105 Å². The molecular weight excluding hydrogens is 384 g/mol. The normalized spacial score (nSPS) is 19.4. The molecule has 3 N–H and O–H groups in total. The fraction of sp³-hybridized carbons (Fsp3) is 0.444. The van der Waals surface area contributed by atoms with Crippen molar-refractivity contribution in [2.45, 2.75) is 25.3 Å². The van der Waals surface area contributed by atoms with Crippen molar-refractivity contribution in [1.29, 1.82) is 0 Å². The van der Waals surface area contributed by atoms with Gasteiger partial charge in [0.25, 0.3) is 5.91 Å². The minimum Gasteiger partial charge on any atom is -0.369 e. The summed E-state index contributed by atoms with van der Waals surface area (Å²) in [6, 6.07) is 5.51. The molecule has 1 aromatic carbocycles. The quantitative estimate of drug-likeness (QED) is 0.727. The maximum Gasteiger partial charge on any atom is 0.251 e. The second-order valence-electron chi connectivity index (χ2n) is 6.87. The standard InChI is InChI=1S/C18H22N4O3S2/c1-18(5-2-6-22(18)16(24)10-26-9-15(19)23)11-20-17(25)12-3-4-13-8-21-27-14(13)7-12/h3-4,7-8H,2,5-6,9-11H2,1H3,(H2,19,23)(H,20,25). The number of hydrogen-bond acceptors (Lipinski definition) is 6.